The Morgan fingerprint density at radius 3 is 1.87 bits per heavy atom. The SMILES string of the molecule is C#Cc1ccc(OC(OC(C)C)C(C=CC(=C)CC)CC)cc1.CCC.CCC(C)C. The first-order valence-corrected chi connectivity index (χ1v) is 11.9. The fourth-order valence-electron chi connectivity index (χ4n) is 2.04. The van der Waals surface area contributed by atoms with Gasteiger partial charge in [-0.1, -0.05) is 91.5 Å². The summed E-state index contributed by atoms with van der Waals surface area (Å²) in [5, 5.41) is 0. The summed E-state index contributed by atoms with van der Waals surface area (Å²) >= 11 is 0. The summed E-state index contributed by atoms with van der Waals surface area (Å²) in [5.41, 5.74) is 1.94. The zero-order valence-electron chi connectivity index (χ0n) is 21.7. The molecule has 0 N–H and O–H groups in total. The van der Waals surface area contributed by atoms with Crippen LogP contribution in [0.15, 0.2) is 48.6 Å². The van der Waals surface area contributed by atoms with Crippen LogP contribution < -0.4 is 4.74 Å². The Morgan fingerprint density at radius 1 is 1.00 bits per heavy atom. The highest BCUT2D eigenvalue weighted by Crippen LogP contribution is 2.22. The zero-order chi connectivity index (χ0) is 24.2. The van der Waals surface area contributed by atoms with Crippen molar-refractivity contribution in [3.05, 3.63) is 54.1 Å². The maximum absolute atomic E-state index is 6.07. The summed E-state index contributed by atoms with van der Waals surface area (Å²) in [4.78, 5) is 0. The predicted molar refractivity (Wildman–Crippen MR) is 138 cm³/mol. The van der Waals surface area contributed by atoms with Gasteiger partial charge in [0.25, 0.3) is 0 Å². The van der Waals surface area contributed by atoms with Crippen LogP contribution >= 0.6 is 0 Å². The number of rotatable bonds is 10. The van der Waals surface area contributed by atoms with Gasteiger partial charge in [-0.2, -0.15) is 0 Å². The molecule has 0 heterocycles. The normalized spacial score (nSPS) is 12.3. The van der Waals surface area contributed by atoms with E-state index in [2.05, 4.69) is 73.1 Å². The third-order valence-corrected chi connectivity index (χ3v) is 4.35. The Kier molecular flexibility index (Phi) is 20.1. The van der Waals surface area contributed by atoms with E-state index >= 15 is 0 Å². The minimum absolute atomic E-state index is 0.0850. The highest BCUT2D eigenvalue weighted by molar-refractivity contribution is 5.36. The summed E-state index contributed by atoms with van der Waals surface area (Å²) in [5.74, 6) is 4.41. The molecule has 0 amide bonds. The third kappa shape index (κ3) is 17.4. The van der Waals surface area contributed by atoms with E-state index in [4.69, 9.17) is 15.9 Å². The van der Waals surface area contributed by atoms with Gasteiger partial charge in [0.2, 0.25) is 6.29 Å². The quantitative estimate of drug-likeness (QED) is 0.210. The molecular formula is C29H48O2. The highest BCUT2D eigenvalue weighted by atomic mass is 16.7. The van der Waals surface area contributed by atoms with Crippen LogP contribution in [-0.2, 0) is 4.74 Å². The first-order valence-electron chi connectivity index (χ1n) is 11.9. The van der Waals surface area contributed by atoms with Gasteiger partial charge < -0.3 is 9.47 Å². The van der Waals surface area contributed by atoms with Crippen molar-refractivity contribution in [3.63, 3.8) is 0 Å². The second kappa shape index (κ2) is 20.0. The number of hydrogen-bond donors (Lipinski definition) is 0. The van der Waals surface area contributed by atoms with Crippen LogP contribution in [0.1, 0.15) is 93.6 Å². The van der Waals surface area contributed by atoms with E-state index in [1.165, 1.54) is 12.8 Å². The fourth-order valence-corrected chi connectivity index (χ4v) is 2.04. The number of benzene rings is 1. The Bertz CT molecular complexity index is 617. The molecule has 0 fully saturated rings. The smallest absolute Gasteiger partial charge is 0.206 e. The van der Waals surface area contributed by atoms with Crippen molar-refractivity contribution in [1.29, 1.82) is 0 Å². The largest absolute Gasteiger partial charge is 0.464 e. The molecule has 2 unspecified atom stereocenters. The molecule has 0 bridgehead atoms. The van der Waals surface area contributed by atoms with Crippen molar-refractivity contribution in [2.75, 3.05) is 0 Å². The van der Waals surface area contributed by atoms with Gasteiger partial charge in [0.05, 0.1) is 6.10 Å². The Balaban J connectivity index is 0. The summed E-state index contributed by atoms with van der Waals surface area (Å²) in [6.45, 7) is 23.2. The second-order valence-corrected chi connectivity index (χ2v) is 8.29. The van der Waals surface area contributed by atoms with Gasteiger partial charge in [0.15, 0.2) is 0 Å². The second-order valence-electron chi connectivity index (χ2n) is 8.29. The van der Waals surface area contributed by atoms with Gasteiger partial charge in [0.1, 0.15) is 5.75 Å². The third-order valence-electron chi connectivity index (χ3n) is 4.35. The molecule has 1 aromatic carbocycles. The molecule has 1 aromatic rings. The maximum Gasteiger partial charge on any atom is 0.206 e. The lowest BCUT2D eigenvalue weighted by Crippen LogP contribution is -2.31. The Hall–Kier alpha value is -1.98. The van der Waals surface area contributed by atoms with Crippen LogP contribution in [0.4, 0.5) is 0 Å². The van der Waals surface area contributed by atoms with Crippen molar-refractivity contribution in [1.82, 2.24) is 0 Å². The van der Waals surface area contributed by atoms with Crippen molar-refractivity contribution in [2.45, 2.75) is 100 Å². The number of ether oxygens (including phenoxy) is 2. The van der Waals surface area contributed by atoms with Gasteiger partial charge in [-0.15, -0.1) is 6.42 Å². The van der Waals surface area contributed by atoms with Gasteiger partial charge in [-0.05, 0) is 56.9 Å². The van der Waals surface area contributed by atoms with E-state index in [-0.39, 0.29) is 18.3 Å². The van der Waals surface area contributed by atoms with Crippen molar-refractivity contribution in [2.24, 2.45) is 11.8 Å². The van der Waals surface area contributed by atoms with E-state index in [0.29, 0.717) is 0 Å². The van der Waals surface area contributed by atoms with Crippen LogP contribution in [0.25, 0.3) is 0 Å². The highest BCUT2D eigenvalue weighted by Gasteiger charge is 2.21. The van der Waals surface area contributed by atoms with Crippen LogP contribution in [-0.4, -0.2) is 12.4 Å². The van der Waals surface area contributed by atoms with E-state index in [1.807, 2.05) is 38.1 Å². The first-order chi connectivity index (χ1) is 14.7. The van der Waals surface area contributed by atoms with Crippen LogP contribution in [0.2, 0.25) is 0 Å². The predicted octanol–water partition coefficient (Wildman–Crippen LogP) is 8.82. The molecule has 0 saturated carbocycles. The standard InChI is InChI=1S/C21H28O2.C5H12.C3H8/c1-7-17(6)10-13-19(9-3)21(22-16(4)5)23-20-14-11-18(8-2)12-15-20;1-4-5(2)3;1-3-2/h2,10-16,19,21H,6-7,9H2,1,3-5H3;5H,4H2,1-3H3;3H2,1-2H3. The molecule has 31 heavy (non-hydrogen) atoms. The van der Waals surface area contributed by atoms with E-state index in [9.17, 15) is 0 Å². The molecule has 2 nitrogen and oxygen atoms in total. The molecule has 0 aliphatic rings. The lowest BCUT2D eigenvalue weighted by Gasteiger charge is -2.27. The summed E-state index contributed by atoms with van der Waals surface area (Å²) in [6, 6.07) is 7.51. The molecule has 0 radical (unpaired) electrons. The molecule has 2 heteroatoms. The molecule has 0 spiro atoms. The maximum atomic E-state index is 6.07. The lowest BCUT2D eigenvalue weighted by molar-refractivity contribution is -0.130. The van der Waals surface area contributed by atoms with Gasteiger partial charge in [-0.3, -0.25) is 0 Å². The van der Waals surface area contributed by atoms with Crippen LogP contribution in [0.3, 0.4) is 0 Å². The molecule has 0 aliphatic heterocycles. The number of allylic oxidation sites excluding steroid dienone is 2. The topological polar surface area (TPSA) is 18.5 Å². The van der Waals surface area contributed by atoms with Crippen molar-refractivity contribution >= 4 is 0 Å². The molecule has 2 atom stereocenters. The lowest BCUT2D eigenvalue weighted by atomic mass is 10.0. The molecule has 0 aromatic heterocycles. The minimum Gasteiger partial charge on any atom is -0.464 e. The summed E-state index contributed by atoms with van der Waals surface area (Å²) in [7, 11) is 0. The average molecular weight is 429 g/mol. The Labute approximate surface area is 194 Å². The zero-order valence-corrected chi connectivity index (χ0v) is 21.7. The minimum atomic E-state index is -0.336. The first kappa shape index (κ1) is 31.2. The molecule has 0 saturated heterocycles. The average Bonchev–Trinajstić information content (AvgIpc) is 2.74. The van der Waals surface area contributed by atoms with Gasteiger partial charge in [0, 0.05) is 11.5 Å². The number of terminal acetylenes is 1. The van der Waals surface area contributed by atoms with Crippen molar-refractivity contribution < 1.29 is 9.47 Å². The molecule has 1 rings (SSSR count). The summed E-state index contributed by atoms with van der Waals surface area (Å²) < 4.78 is 12.1. The molecule has 0 aliphatic carbocycles. The van der Waals surface area contributed by atoms with E-state index in [1.54, 1.807) is 0 Å². The van der Waals surface area contributed by atoms with Gasteiger partial charge >= 0.3 is 0 Å². The monoisotopic (exact) mass is 428 g/mol. The van der Waals surface area contributed by atoms with E-state index in [0.717, 1.165) is 35.6 Å². The number of hydrogen-bond acceptors (Lipinski definition) is 2. The Morgan fingerprint density at radius 2 is 1.52 bits per heavy atom. The van der Waals surface area contributed by atoms with Crippen LogP contribution in [0.5, 0.6) is 5.75 Å². The van der Waals surface area contributed by atoms with Gasteiger partial charge in [-0.25, -0.2) is 0 Å². The fraction of sp³-hybridized carbons (Fsp3) is 0.586. The van der Waals surface area contributed by atoms with Crippen LogP contribution in [0, 0.1) is 24.2 Å². The molecule has 176 valence electrons. The summed E-state index contributed by atoms with van der Waals surface area (Å²) in [6.07, 6.45) is 13.8. The van der Waals surface area contributed by atoms with E-state index < -0.39 is 0 Å². The van der Waals surface area contributed by atoms with Crippen molar-refractivity contribution in [3.8, 4) is 18.1 Å². The molecular weight excluding hydrogens is 380 g/mol.